The summed E-state index contributed by atoms with van der Waals surface area (Å²) in [5, 5.41) is 8.38. The summed E-state index contributed by atoms with van der Waals surface area (Å²) in [6, 6.07) is 6.51. The van der Waals surface area contributed by atoms with Crippen LogP contribution < -0.4 is 14.7 Å². The molecule has 0 saturated carbocycles. The number of halogens is 3. The number of anilines is 3. The number of hydrogen-bond acceptors (Lipinski definition) is 6. The van der Waals surface area contributed by atoms with E-state index in [4.69, 9.17) is 0 Å². The zero-order chi connectivity index (χ0) is 18.0. The van der Waals surface area contributed by atoms with Crippen LogP contribution in [-0.4, -0.2) is 55.5 Å². The third kappa shape index (κ3) is 3.92. The Kier molecular flexibility index (Phi) is 4.65. The molecule has 3 rings (SSSR count). The van der Waals surface area contributed by atoms with Gasteiger partial charge in [0.1, 0.15) is 5.69 Å². The molecule has 0 atom stereocenters. The van der Waals surface area contributed by atoms with Crippen molar-refractivity contribution in [3.63, 3.8) is 0 Å². The van der Waals surface area contributed by atoms with E-state index in [0.29, 0.717) is 31.9 Å². The van der Waals surface area contributed by atoms with E-state index >= 15 is 0 Å². The molecule has 9 heteroatoms. The SMILES string of the molecule is CN(C)c1ccc(N2CCN(c3ccnc(C(F)(F)F)c3)CC2)nn1. The molecule has 0 N–H and O–H groups in total. The molecule has 0 radical (unpaired) electrons. The third-order valence-electron chi connectivity index (χ3n) is 4.10. The second-order valence-electron chi connectivity index (χ2n) is 6.02. The van der Waals surface area contributed by atoms with Crippen molar-refractivity contribution in [2.24, 2.45) is 0 Å². The van der Waals surface area contributed by atoms with Crippen LogP contribution >= 0.6 is 0 Å². The summed E-state index contributed by atoms with van der Waals surface area (Å²) >= 11 is 0. The fourth-order valence-corrected chi connectivity index (χ4v) is 2.69. The van der Waals surface area contributed by atoms with Gasteiger partial charge in [-0.05, 0) is 24.3 Å². The van der Waals surface area contributed by atoms with Crippen molar-refractivity contribution >= 4 is 17.3 Å². The number of pyridine rings is 1. The Morgan fingerprint density at radius 3 is 2.20 bits per heavy atom. The molecule has 2 aromatic rings. The van der Waals surface area contributed by atoms with Gasteiger partial charge in [-0.2, -0.15) is 13.2 Å². The highest BCUT2D eigenvalue weighted by atomic mass is 19.4. The van der Waals surface area contributed by atoms with Gasteiger partial charge in [0.05, 0.1) is 0 Å². The molecule has 0 amide bonds. The molecule has 1 saturated heterocycles. The average Bonchev–Trinajstić information content (AvgIpc) is 2.61. The van der Waals surface area contributed by atoms with Crippen molar-refractivity contribution in [3.05, 3.63) is 36.2 Å². The minimum Gasteiger partial charge on any atom is -0.368 e. The van der Waals surface area contributed by atoms with Gasteiger partial charge in [-0.3, -0.25) is 4.98 Å². The first-order valence-corrected chi connectivity index (χ1v) is 7.89. The average molecular weight is 352 g/mol. The van der Waals surface area contributed by atoms with Crippen LogP contribution in [0.5, 0.6) is 0 Å². The zero-order valence-electron chi connectivity index (χ0n) is 14.0. The first-order chi connectivity index (χ1) is 11.8. The molecule has 2 aromatic heterocycles. The summed E-state index contributed by atoms with van der Waals surface area (Å²) in [7, 11) is 3.79. The van der Waals surface area contributed by atoms with E-state index in [1.807, 2.05) is 36.0 Å². The van der Waals surface area contributed by atoms with E-state index in [9.17, 15) is 13.2 Å². The molecule has 0 spiro atoms. The van der Waals surface area contributed by atoms with E-state index in [1.54, 1.807) is 6.07 Å². The molecule has 0 aliphatic carbocycles. The Morgan fingerprint density at radius 2 is 1.64 bits per heavy atom. The second kappa shape index (κ2) is 6.73. The van der Waals surface area contributed by atoms with Crippen LogP contribution in [0.1, 0.15) is 5.69 Å². The van der Waals surface area contributed by atoms with Crippen molar-refractivity contribution in [1.29, 1.82) is 0 Å². The lowest BCUT2D eigenvalue weighted by Gasteiger charge is -2.36. The largest absolute Gasteiger partial charge is 0.433 e. The molecule has 0 bridgehead atoms. The summed E-state index contributed by atoms with van der Waals surface area (Å²) in [5.74, 6) is 1.55. The van der Waals surface area contributed by atoms with E-state index in [-0.39, 0.29) is 0 Å². The number of alkyl halides is 3. The molecule has 0 unspecified atom stereocenters. The summed E-state index contributed by atoms with van der Waals surface area (Å²) < 4.78 is 38.4. The highest BCUT2D eigenvalue weighted by molar-refractivity contribution is 5.50. The smallest absolute Gasteiger partial charge is 0.368 e. The minimum atomic E-state index is -4.43. The van der Waals surface area contributed by atoms with Crippen molar-refractivity contribution < 1.29 is 13.2 Å². The molecule has 3 heterocycles. The van der Waals surface area contributed by atoms with Crippen molar-refractivity contribution in [1.82, 2.24) is 15.2 Å². The molecule has 134 valence electrons. The molecule has 1 aliphatic heterocycles. The monoisotopic (exact) mass is 352 g/mol. The maximum Gasteiger partial charge on any atom is 0.433 e. The predicted octanol–water partition coefficient (Wildman–Crippen LogP) is 2.28. The summed E-state index contributed by atoms with van der Waals surface area (Å²) in [6.45, 7) is 2.55. The number of rotatable bonds is 3. The Balaban J connectivity index is 1.66. The Morgan fingerprint density at radius 1 is 0.960 bits per heavy atom. The van der Waals surface area contributed by atoms with Crippen LogP contribution in [0.3, 0.4) is 0 Å². The first-order valence-electron chi connectivity index (χ1n) is 7.89. The Bertz CT molecular complexity index is 709. The van der Waals surface area contributed by atoms with Crippen LogP contribution in [0.2, 0.25) is 0 Å². The van der Waals surface area contributed by atoms with E-state index in [0.717, 1.165) is 17.7 Å². The van der Waals surface area contributed by atoms with Gasteiger partial charge in [0.25, 0.3) is 0 Å². The lowest BCUT2D eigenvalue weighted by molar-refractivity contribution is -0.141. The molecule has 6 nitrogen and oxygen atoms in total. The van der Waals surface area contributed by atoms with Gasteiger partial charge >= 0.3 is 6.18 Å². The predicted molar refractivity (Wildman–Crippen MR) is 90.0 cm³/mol. The molecular formula is C16H19F3N6. The van der Waals surface area contributed by atoms with Crippen molar-refractivity contribution in [2.45, 2.75) is 6.18 Å². The van der Waals surface area contributed by atoms with E-state index in [1.165, 1.54) is 6.20 Å². The molecule has 1 fully saturated rings. The van der Waals surface area contributed by atoms with Crippen LogP contribution in [-0.2, 0) is 6.18 Å². The molecular weight excluding hydrogens is 333 g/mol. The van der Waals surface area contributed by atoms with Gasteiger partial charge in [0.15, 0.2) is 11.6 Å². The quantitative estimate of drug-likeness (QED) is 0.845. The zero-order valence-corrected chi connectivity index (χ0v) is 14.0. The van der Waals surface area contributed by atoms with Gasteiger partial charge in [-0.1, -0.05) is 0 Å². The van der Waals surface area contributed by atoms with Gasteiger partial charge in [0, 0.05) is 52.2 Å². The van der Waals surface area contributed by atoms with E-state index in [2.05, 4.69) is 20.1 Å². The fraction of sp³-hybridized carbons (Fsp3) is 0.438. The third-order valence-corrected chi connectivity index (χ3v) is 4.10. The van der Waals surface area contributed by atoms with Gasteiger partial charge in [0.2, 0.25) is 0 Å². The summed E-state index contributed by atoms with van der Waals surface area (Å²) in [4.78, 5) is 9.28. The number of piperazine rings is 1. The number of nitrogens with zero attached hydrogens (tertiary/aromatic N) is 6. The highest BCUT2D eigenvalue weighted by Crippen LogP contribution is 2.30. The second-order valence-corrected chi connectivity index (χ2v) is 6.02. The Hall–Kier alpha value is -2.58. The standard InChI is InChI=1S/C16H19F3N6/c1-23(2)14-3-4-15(22-21-14)25-9-7-24(8-10-25)12-5-6-20-13(11-12)16(17,18)19/h3-6,11H,7-10H2,1-2H3. The topological polar surface area (TPSA) is 48.4 Å². The van der Waals surface area contributed by atoms with Gasteiger partial charge < -0.3 is 14.7 Å². The van der Waals surface area contributed by atoms with Crippen molar-refractivity contribution in [3.8, 4) is 0 Å². The Labute approximate surface area is 143 Å². The van der Waals surface area contributed by atoms with Gasteiger partial charge in [-0.15, -0.1) is 10.2 Å². The lowest BCUT2D eigenvalue weighted by atomic mass is 10.2. The van der Waals surface area contributed by atoms with Gasteiger partial charge in [-0.25, -0.2) is 0 Å². The van der Waals surface area contributed by atoms with E-state index < -0.39 is 11.9 Å². The lowest BCUT2D eigenvalue weighted by Crippen LogP contribution is -2.47. The van der Waals surface area contributed by atoms with Crippen LogP contribution in [0.4, 0.5) is 30.5 Å². The molecule has 1 aliphatic rings. The van der Waals surface area contributed by atoms with Crippen LogP contribution in [0.25, 0.3) is 0 Å². The molecule has 25 heavy (non-hydrogen) atoms. The van der Waals surface area contributed by atoms with Crippen LogP contribution in [0.15, 0.2) is 30.5 Å². The highest BCUT2D eigenvalue weighted by Gasteiger charge is 2.33. The fourth-order valence-electron chi connectivity index (χ4n) is 2.69. The normalized spacial score (nSPS) is 15.4. The first kappa shape index (κ1) is 17.2. The number of aromatic nitrogens is 3. The van der Waals surface area contributed by atoms with Crippen molar-refractivity contribution in [2.75, 3.05) is 55.0 Å². The maximum absolute atomic E-state index is 12.8. The number of hydrogen-bond donors (Lipinski definition) is 0. The summed E-state index contributed by atoms with van der Waals surface area (Å²) in [6.07, 6.45) is -3.22. The minimum absolute atomic E-state index is 0.538. The molecule has 0 aromatic carbocycles. The van der Waals surface area contributed by atoms with Crippen LogP contribution in [0, 0.1) is 0 Å². The maximum atomic E-state index is 12.8. The summed E-state index contributed by atoms with van der Waals surface area (Å²) in [5.41, 5.74) is -0.325.